The largest absolute Gasteiger partial charge is 0.496 e. The summed E-state index contributed by atoms with van der Waals surface area (Å²) in [5.41, 5.74) is 7.82. The highest BCUT2D eigenvalue weighted by molar-refractivity contribution is 7.98. The van der Waals surface area contributed by atoms with Crippen molar-refractivity contribution in [1.29, 1.82) is 0 Å². The van der Waals surface area contributed by atoms with Gasteiger partial charge < -0.3 is 10.5 Å². The maximum atomic E-state index is 5.64. The molecule has 18 heavy (non-hydrogen) atoms. The smallest absolute Gasteiger partial charge is 0.187 e. The molecule has 2 rings (SSSR count). The van der Waals surface area contributed by atoms with Crippen LogP contribution in [0.15, 0.2) is 41.8 Å². The summed E-state index contributed by atoms with van der Waals surface area (Å²) in [7, 11) is 1.66. The number of nitrogens with two attached hydrogens (primary N) is 1. The van der Waals surface area contributed by atoms with Crippen molar-refractivity contribution in [3.8, 4) is 5.75 Å². The molecule has 0 spiro atoms. The Bertz CT molecular complexity index is 505. The van der Waals surface area contributed by atoms with Crippen molar-refractivity contribution in [2.45, 2.75) is 17.5 Å². The lowest BCUT2D eigenvalue weighted by Crippen LogP contribution is -2.00. The van der Waals surface area contributed by atoms with E-state index in [2.05, 4.69) is 16.0 Å². The van der Waals surface area contributed by atoms with Crippen LogP contribution in [0.25, 0.3) is 0 Å². The van der Waals surface area contributed by atoms with Crippen LogP contribution in [-0.4, -0.2) is 17.1 Å². The van der Waals surface area contributed by atoms with Gasteiger partial charge in [-0.2, -0.15) is 0 Å². The Morgan fingerprint density at radius 3 is 2.72 bits per heavy atom. The average Bonchev–Trinajstić information content (AvgIpc) is 2.45. The number of ether oxygens (including phenoxy) is 1. The number of hydrogen-bond acceptors (Lipinski definition) is 5. The lowest BCUT2D eigenvalue weighted by atomic mass is 10.1. The van der Waals surface area contributed by atoms with Crippen molar-refractivity contribution in [2.75, 3.05) is 7.11 Å². The highest BCUT2D eigenvalue weighted by Crippen LogP contribution is 2.24. The second kappa shape index (κ2) is 6.37. The third-order valence-electron chi connectivity index (χ3n) is 2.48. The van der Waals surface area contributed by atoms with Crippen LogP contribution in [0.5, 0.6) is 5.75 Å². The summed E-state index contributed by atoms with van der Waals surface area (Å²) in [6, 6.07) is 7.88. The Morgan fingerprint density at radius 1 is 1.28 bits per heavy atom. The van der Waals surface area contributed by atoms with Gasteiger partial charge in [0.15, 0.2) is 5.16 Å². The summed E-state index contributed by atoms with van der Waals surface area (Å²) in [5, 5.41) is 0.777. The quantitative estimate of drug-likeness (QED) is 0.660. The van der Waals surface area contributed by atoms with Gasteiger partial charge in [-0.25, -0.2) is 9.97 Å². The zero-order valence-electron chi connectivity index (χ0n) is 10.2. The zero-order valence-corrected chi connectivity index (χ0v) is 11.0. The van der Waals surface area contributed by atoms with Crippen LogP contribution in [0.4, 0.5) is 0 Å². The standard InChI is InChI=1S/C13H15N3OS/c1-17-12-7-10(3-4-11(12)8-14)9-18-13-15-5-2-6-16-13/h2-7H,8-9,14H2,1H3. The fourth-order valence-corrected chi connectivity index (χ4v) is 2.30. The lowest BCUT2D eigenvalue weighted by molar-refractivity contribution is 0.409. The third-order valence-corrected chi connectivity index (χ3v) is 3.43. The van der Waals surface area contributed by atoms with Crippen LogP contribution in [0.2, 0.25) is 0 Å². The molecule has 94 valence electrons. The van der Waals surface area contributed by atoms with Crippen molar-refractivity contribution < 1.29 is 4.74 Å². The molecule has 0 unspecified atom stereocenters. The molecule has 2 N–H and O–H groups in total. The molecule has 0 aliphatic rings. The number of aromatic nitrogens is 2. The molecule has 0 atom stereocenters. The number of methoxy groups -OCH3 is 1. The van der Waals surface area contributed by atoms with Crippen molar-refractivity contribution in [3.05, 3.63) is 47.8 Å². The van der Waals surface area contributed by atoms with Crippen LogP contribution in [0.3, 0.4) is 0 Å². The Labute approximate surface area is 111 Å². The topological polar surface area (TPSA) is 61.0 Å². The summed E-state index contributed by atoms with van der Waals surface area (Å²) in [6.45, 7) is 0.485. The predicted octanol–water partition coefficient (Wildman–Crippen LogP) is 2.24. The molecule has 0 saturated heterocycles. The SMILES string of the molecule is COc1cc(CSc2ncccn2)ccc1CN. The first-order valence-electron chi connectivity index (χ1n) is 5.59. The van der Waals surface area contributed by atoms with Crippen molar-refractivity contribution >= 4 is 11.8 Å². The third kappa shape index (κ3) is 3.21. The molecular formula is C13H15N3OS. The summed E-state index contributed by atoms with van der Waals surface area (Å²) >= 11 is 1.60. The van der Waals surface area contributed by atoms with Crippen LogP contribution in [-0.2, 0) is 12.3 Å². The molecular weight excluding hydrogens is 246 g/mol. The molecule has 0 aliphatic heterocycles. The second-order valence-electron chi connectivity index (χ2n) is 3.67. The summed E-state index contributed by atoms with van der Waals surface area (Å²) < 4.78 is 5.31. The molecule has 5 heteroatoms. The van der Waals surface area contributed by atoms with Gasteiger partial charge in [0.25, 0.3) is 0 Å². The van der Waals surface area contributed by atoms with Crippen molar-refractivity contribution in [2.24, 2.45) is 5.73 Å². The van der Waals surface area contributed by atoms with E-state index in [4.69, 9.17) is 10.5 Å². The van der Waals surface area contributed by atoms with Crippen LogP contribution in [0, 0.1) is 0 Å². The Balaban J connectivity index is 2.06. The van der Waals surface area contributed by atoms with E-state index in [1.165, 1.54) is 5.56 Å². The highest BCUT2D eigenvalue weighted by Gasteiger charge is 2.04. The maximum Gasteiger partial charge on any atom is 0.187 e. The van der Waals surface area contributed by atoms with Crippen LogP contribution < -0.4 is 10.5 Å². The predicted molar refractivity (Wildman–Crippen MR) is 72.5 cm³/mol. The van der Waals surface area contributed by atoms with Crippen molar-refractivity contribution in [1.82, 2.24) is 9.97 Å². The van der Waals surface area contributed by atoms with Gasteiger partial charge in [-0.15, -0.1) is 0 Å². The Morgan fingerprint density at radius 2 is 2.06 bits per heavy atom. The van der Waals surface area contributed by atoms with E-state index in [9.17, 15) is 0 Å². The zero-order chi connectivity index (χ0) is 12.8. The van der Waals surface area contributed by atoms with E-state index in [1.54, 1.807) is 31.3 Å². The highest BCUT2D eigenvalue weighted by atomic mass is 32.2. The molecule has 0 amide bonds. The van der Waals surface area contributed by atoms with Gasteiger partial charge in [-0.05, 0) is 17.7 Å². The monoisotopic (exact) mass is 261 g/mol. The van der Waals surface area contributed by atoms with E-state index < -0.39 is 0 Å². The number of benzene rings is 1. The number of hydrogen-bond donors (Lipinski definition) is 1. The van der Waals surface area contributed by atoms with Gasteiger partial charge in [0, 0.05) is 30.3 Å². The molecule has 0 fully saturated rings. The van der Waals surface area contributed by atoms with Crippen molar-refractivity contribution in [3.63, 3.8) is 0 Å². The first-order valence-corrected chi connectivity index (χ1v) is 6.57. The molecule has 0 saturated carbocycles. The summed E-state index contributed by atoms with van der Waals surface area (Å²) in [6.07, 6.45) is 3.49. The van der Waals surface area contributed by atoms with Gasteiger partial charge in [-0.3, -0.25) is 0 Å². The molecule has 2 aromatic rings. The first-order chi connectivity index (χ1) is 8.83. The minimum absolute atomic E-state index is 0.485. The minimum atomic E-state index is 0.485. The maximum absolute atomic E-state index is 5.64. The molecule has 0 aliphatic carbocycles. The van der Waals surface area contributed by atoms with Gasteiger partial charge in [-0.1, -0.05) is 23.9 Å². The number of nitrogens with zero attached hydrogens (tertiary/aromatic N) is 2. The Hall–Kier alpha value is -1.59. The average molecular weight is 261 g/mol. The van der Waals surface area contributed by atoms with Gasteiger partial charge in [0.2, 0.25) is 0 Å². The van der Waals surface area contributed by atoms with Gasteiger partial charge >= 0.3 is 0 Å². The fourth-order valence-electron chi connectivity index (χ4n) is 1.56. The lowest BCUT2D eigenvalue weighted by Gasteiger charge is -2.08. The molecule has 1 aromatic heterocycles. The number of thioether (sulfide) groups is 1. The van der Waals surface area contributed by atoms with E-state index in [0.29, 0.717) is 6.54 Å². The van der Waals surface area contributed by atoms with E-state index >= 15 is 0 Å². The number of rotatable bonds is 5. The van der Waals surface area contributed by atoms with E-state index in [1.807, 2.05) is 18.2 Å². The molecule has 0 bridgehead atoms. The Kier molecular flexibility index (Phi) is 4.55. The first kappa shape index (κ1) is 12.9. The van der Waals surface area contributed by atoms with Gasteiger partial charge in [0.05, 0.1) is 7.11 Å². The molecule has 4 nitrogen and oxygen atoms in total. The molecule has 1 heterocycles. The van der Waals surface area contributed by atoms with Crippen LogP contribution in [0.1, 0.15) is 11.1 Å². The second-order valence-corrected chi connectivity index (χ2v) is 4.61. The normalized spacial score (nSPS) is 10.3. The summed E-state index contributed by atoms with van der Waals surface area (Å²) in [4.78, 5) is 8.34. The van der Waals surface area contributed by atoms with E-state index in [0.717, 1.165) is 22.2 Å². The molecule has 1 aromatic carbocycles. The minimum Gasteiger partial charge on any atom is -0.496 e. The van der Waals surface area contributed by atoms with E-state index in [-0.39, 0.29) is 0 Å². The van der Waals surface area contributed by atoms with Crippen LogP contribution >= 0.6 is 11.8 Å². The fraction of sp³-hybridized carbons (Fsp3) is 0.231. The van der Waals surface area contributed by atoms with Gasteiger partial charge in [0.1, 0.15) is 5.75 Å². The summed E-state index contributed by atoms with van der Waals surface area (Å²) in [5.74, 6) is 1.65. The molecule has 0 radical (unpaired) electrons.